The molecule has 0 heterocycles. The maximum atomic E-state index is 12.2. The highest BCUT2D eigenvalue weighted by molar-refractivity contribution is 6.30. The van der Waals surface area contributed by atoms with Gasteiger partial charge in [-0.15, -0.1) is 0 Å². The first-order valence-electron chi connectivity index (χ1n) is 6.53. The van der Waals surface area contributed by atoms with E-state index in [4.69, 9.17) is 16.7 Å². The van der Waals surface area contributed by atoms with Crippen molar-refractivity contribution >= 4 is 23.5 Å². The predicted molar refractivity (Wildman–Crippen MR) is 76.4 cm³/mol. The Balaban J connectivity index is 2.02. The number of nitrogens with one attached hydrogen (secondary N) is 1. The smallest absolute Gasteiger partial charge is 0.307 e. The Hall–Kier alpha value is -1.55. The fraction of sp³-hybridized carbons (Fsp3) is 0.467. The van der Waals surface area contributed by atoms with Gasteiger partial charge in [0.2, 0.25) is 5.91 Å². The molecule has 1 amide bonds. The van der Waals surface area contributed by atoms with Gasteiger partial charge in [0.15, 0.2) is 0 Å². The van der Waals surface area contributed by atoms with Crippen LogP contribution < -0.4 is 5.32 Å². The molecule has 0 aromatic heterocycles. The van der Waals surface area contributed by atoms with E-state index in [1.807, 2.05) is 32.9 Å². The van der Waals surface area contributed by atoms with Crippen molar-refractivity contribution in [2.24, 2.45) is 17.3 Å². The van der Waals surface area contributed by atoms with Gasteiger partial charge in [-0.05, 0) is 30.0 Å². The predicted octanol–water partition coefficient (Wildman–Crippen LogP) is 2.87. The van der Waals surface area contributed by atoms with Gasteiger partial charge in [-0.1, -0.05) is 37.6 Å². The highest BCUT2D eigenvalue weighted by atomic mass is 35.5. The van der Waals surface area contributed by atoms with Gasteiger partial charge in [-0.3, -0.25) is 9.59 Å². The molecule has 3 unspecified atom stereocenters. The van der Waals surface area contributed by atoms with Gasteiger partial charge >= 0.3 is 5.97 Å². The lowest BCUT2D eigenvalue weighted by Crippen LogP contribution is -2.29. The molecule has 5 heteroatoms. The van der Waals surface area contributed by atoms with Crippen LogP contribution in [-0.2, 0) is 9.59 Å². The molecule has 1 fully saturated rings. The Kier molecular flexibility index (Phi) is 3.78. The summed E-state index contributed by atoms with van der Waals surface area (Å²) in [6.45, 7) is 5.48. The van der Waals surface area contributed by atoms with Crippen LogP contribution in [0.15, 0.2) is 24.3 Å². The topological polar surface area (TPSA) is 66.4 Å². The minimum Gasteiger partial charge on any atom is -0.481 e. The SMILES string of the molecule is CC(NC(=O)C1C(C(=O)O)C1(C)C)c1ccc(Cl)cc1. The van der Waals surface area contributed by atoms with Crippen molar-refractivity contribution in [2.45, 2.75) is 26.8 Å². The van der Waals surface area contributed by atoms with Crippen molar-refractivity contribution in [2.75, 3.05) is 0 Å². The molecule has 0 saturated heterocycles. The quantitative estimate of drug-likeness (QED) is 0.897. The molecule has 4 nitrogen and oxygen atoms in total. The van der Waals surface area contributed by atoms with Crippen molar-refractivity contribution in [3.63, 3.8) is 0 Å². The summed E-state index contributed by atoms with van der Waals surface area (Å²) in [4.78, 5) is 23.3. The minimum atomic E-state index is -0.908. The zero-order valence-corrected chi connectivity index (χ0v) is 12.4. The first-order valence-corrected chi connectivity index (χ1v) is 6.91. The summed E-state index contributed by atoms with van der Waals surface area (Å²) < 4.78 is 0. The molecule has 1 aromatic carbocycles. The number of halogens is 1. The number of hydrogen-bond donors (Lipinski definition) is 2. The Morgan fingerprint density at radius 3 is 2.25 bits per heavy atom. The van der Waals surface area contributed by atoms with E-state index in [0.29, 0.717) is 5.02 Å². The van der Waals surface area contributed by atoms with Gasteiger partial charge in [0.25, 0.3) is 0 Å². The van der Waals surface area contributed by atoms with Crippen molar-refractivity contribution in [1.29, 1.82) is 0 Å². The second-order valence-corrected chi connectivity index (χ2v) is 6.33. The number of hydrogen-bond acceptors (Lipinski definition) is 2. The monoisotopic (exact) mass is 295 g/mol. The van der Waals surface area contributed by atoms with E-state index in [9.17, 15) is 9.59 Å². The third kappa shape index (κ3) is 2.66. The van der Waals surface area contributed by atoms with Crippen LogP contribution in [0, 0.1) is 17.3 Å². The number of carboxylic acids is 1. The summed E-state index contributed by atoms with van der Waals surface area (Å²) in [5.74, 6) is -2.17. The molecule has 1 saturated carbocycles. The van der Waals surface area contributed by atoms with Crippen LogP contribution in [0.4, 0.5) is 0 Å². The zero-order valence-electron chi connectivity index (χ0n) is 11.7. The van der Waals surface area contributed by atoms with Crippen molar-refractivity contribution < 1.29 is 14.7 Å². The molecule has 2 rings (SSSR count). The van der Waals surface area contributed by atoms with Crippen LogP contribution in [0.1, 0.15) is 32.4 Å². The van der Waals surface area contributed by atoms with E-state index in [0.717, 1.165) is 5.56 Å². The summed E-state index contributed by atoms with van der Waals surface area (Å²) in [6.07, 6.45) is 0. The van der Waals surface area contributed by atoms with Crippen molar-refractivity contribution in [3.05, 3.63) is 34.9 Å². The number of carboxylic acid groups (broad SMARTS) is 1. The molecule has 20 heavy (non-hydrogen) atoms. The molecule has 0 spiro atoms. The Morgan fingerprint density at radius 2 is 1.80 bits per heavy atom. The summed E-state index contributed by atoms with van der Waals surface area (Å²) in [5.41, 5.74) is 0.461. The average Bonchev–Trinajstić information content (AvgIpc) is 2.93. The number of aliphatic carboxylic acids is 1. The Labute approximate surface area is 123 Å². The molecule has 0 bridgehead atoms. The lowest BCUT2D eigenvalue weighted by Gasteiger charge is -2.15. The van der Waals surface area contributed by atoms with Gasteiger partial charge in [-0.25, -0.2) is 0 Å². The van der Waals surface area contributed by atoms with Crippen molar-refractivity contribution in [3.8, 4) is 0 Å². The highest BCUT2D eigenvalue weighted by Crippen LogP contribution is 2.58. The summed E-state index contributed by atoms with van der Waals surface area (Å²) in [5, 5.41) is 12.6. The number of carbonyl (C=O) groups excluding carboxylic acids is 1. The standard InChI is InChI=1S/C15H18ClNO3/c1-8(9-4-6-10(16)7-5-9)17-13(18)11-12(14(19)20)15(11,2)3/h4-8,11-12H,1-3H3,(H,17,18)(H,19,20). The van der Waals surface area contributed by atoms with E-state index < -0.39 is 23.2 Å². The third-order valence-corrected chi connectivity index (χ3v) is 4.36. The largest absolute Gasteiger partial charge is 0.481 e. The lowest BCUT2D eigenvalue weighted by atomic mass is 10.1. The fourth-order valence-corrected chi connectivity index (χ4v) is 2.85. The normalized spacial score (nSPS) is 24.8. The van der Waals surface area contributed by atoms with Crippen LogP contribution in [0.2, 0.25) is 5.02 Å². The molecule has 1 aliphatic carbocycles. The van der Waals surface area contributed by atoms with E-state index in [2.05, 4.69) is 5.32 Å². The van der Waals surface area contributed by atoms with E-state index in [1.54, 1.807) is 12.1 Å². The molecule has 0 radical (unpaired) electrons. The lowest BCUT2D eigenvalue weighted by molar-refractivity contribution is -0.140. The van der Waals surface area contributed by atoms with Crippen LogP contribution >= 0.6 is 11.6 Å². The number of rotatable bonds is 4. The maximum absolute atomic E-state index is 12.2. The third-order valence-electron chi connectivity index (χ3n) is 4.10. The average molecular weight is 296 g/mol. The van der Waals surface area contributed by atoms with Crippen molar-refractivity contribution in [1.82, 2.24) is 5.32 Å². The first-order chi connectivity index (χ1) is 9.25. The molecule has 108 valence electrons. The van der Waals surface area contributed by atoms with E-state index in [-0.39, 0.29) is 11.9 Å². The van der Waals surface area contributed by atoms with E-state index >= 15 is 0 Å². The Bertz CT molecular complexity index is 539. The fourth-order valence-electron chi connectivity index (χ4n) is 2.73. The van der Waals surface area contributed by atoms with Gasteiger partial charge in [0.1, 0.15) is 0 Å². The van der Waals surface area contributed by atoms with E-state index in [1.165, 1.54) is 0 Å². The summed E-state index contributed by atoms with van der Waals surface area (Å²) in [6, 6.07) is 7.05. The number of benzene rings is 1. The zero-order chi connectivity index (χ0) is 15.1. The van der Waals surface area contributed by atoms with Crippen LogP contribution in [0.5, 0.6) is 0 Å². The minimum absolute atomic E-state index is 0.175. The Morgan fingerprint density at radius 1 is 1.25 bits per heavy atom. The first kappa shape index (κ1) is 14.9. The number of amides is 1. The van der Waals surface area contributed by atoms with Gasteiger partial charge in [0, 0.05) is 5.02 Å². The van der Waals surface area contributed by atoms with Crippen LogP contribution in [0.3, 0.4) is 0 Å². The molecule has 1 aromatic rings. The maximum Gasteiger partial charge on any atom is 0.307 e. The molecule has 1 aliphatic rings. The molecular weight excluding hydrogens is 278 g/mol. The molecular formula is C15H18ClNO3. The van der Waals surface area contributed by atoms with Crippen LogP contribution in [-0.4, -0.2) is 17.0 Å². The summed E-state index contributed by atoms with van der Waals surface area (Å²) in [7, 11) is 0. The van der Waals surface area contributed by atoms with Gasteiger partial charge in [-0.2, -0.15) is 0 Å². The summed E-state index contributed by atoms with van der Waals surface area (Å²) >= 11 is 5.82. The molecule has 3 atom stereocenters. The van der Waals surface area contributed by atoms with Gasteiger partial charge < -0.3 is 10.4 Å². The molecule has 2 N–H and O–H groups in total. The molecule has 0 aliphatic heterocycles. The second-order valence-electron chi connectivity index (χ2n) is 5.90. The van der Waals surface area contributed by atoms with Gasteiger partial charge in [0.05, 0.1) is 17.9 Å². The second kappa shape index (κ2) is 5.09. The number of carbonyl (C=O) groups is 2. The highest BCUT2D eigenvalue weighted by Gasteiger charge is 2.65. The van der Waals surface area contributed by atoms with Crippen LogP contribution in [0.25, 0.3) is 0 Å².